The zero-order valence-electron chi connectivity index (χ0n) is 11.6. The summed E-state index contributed by atoms with van der Waals surface area (Å²) in [6, 6.07) is 9.16. The highest BCUT2D eigenvalue weighted by Crippen LogP contribution is 2.17. The van der Waals surface area contributed by atoms with Crippen molar-refractivity contribution in [2.75, 3.05) is 13.6 Å². The van der Waals surface area contributed by atoms with E-state index in [4.69, 9.17) is 5.73 Å². The minimum Gasteiger partial charge on any atom is -0.323 e. The van der Waals surface area contributed by atoms with Gasteiger partial charge in [0.25, 0.3) is 0 Å². The minimum absolute atomic E-state index is 0.113. The van der Waals surface area contributed by atoms with Gasteiger partial charge in [0, 0.05) is 18.6 Å². The Morgan fingerprint density at radius 2 is 1.76 bits per heavy atom. The molecule has 0 saturated heterocycles. The van der Waals surface area contributed by atoms with Gasteiger partial charge >= 0.3 is 0 Å². The summed E-state index contributed by atoms with van der Waals surface area (Å²) in [7, 11) is 2.18. The second-order valence-electron chi connectivity index (χ2n) is 4.87. The molecule has 1 aromatic rings. The number of nitrogens with two attached hydrogens (primary N) is 1. The number of hydrogen-bond acceptors (Lipinski definition) is 2. The van der Waals surface area contributed by atoms with Crippen molar-refractivity contribution in [3.8, 4) is 0 Å². The van der Waals surface area contributed by atoms with Gasteiger partial charge in [0.2, 0.25) is 0 Å². The van der Waals surface area contributed by atoms with E-state index in [1.807, 2.05) is 0 Å². The SMILES string of the molecule is CCC(CC)N(C)CC(N)c1ccccc1C. The molecule has 96 valence electrons. The molecule has 1 aromatic carbocycles. The van der Waals surface area contributed by atoms with Crippen molar-refractivity contribution >= 4 is 0 Å². The van der Waals surface area contributed by atoms with Crippen LogP contribution >= 0.6 is 0 Å². The third-order valence-corrected chi connectivity index (χ3v) is 3.64. The average Bonchev–Trinajstić information content (AvgIpc) is 2.31. The van der Waals surface area contributed by atoms with Crippen LogP contribution in [0.2, 0.25) is 0 Å². The largest absolute Gasteiger partial charge is 0.323 e. The van der Waals surface area contributed by atoms with Crippen LogP contribution in [0.4, 0.5) is 0 Å². The van der Waals surface area contributed by atoms with Gasteiger partial charge in [0.1, 0.15) is 0 Å². The van der Waals surface area contributed by atoms with Crippen LogP contribution in [0, 0.1) is 6.92 Å². The predicted octanol–water partition coefficient (Wildman–Crippen LogP) is 3.12. The summed E-state index contributed by atoms with van der Waals surface area (Å²) < 4.78 is 0. The quantitative estimate of drug-likeness (QED) is 0.819. The lowest BCUT2D eigenvalue weighted by Crippen LogP contribution is -2.36. The first kappa shape index (κ1) is 14.2. The third-order valence-electron chi connectivity index (χ3n) is 3.64. The van der Waals surface area contributed by atoms with Gasteiger partial charge in [0.15, 0.2) is 0 Å². The molecular formula is C15H26N2. The van der Waals surface area contributed by atoms with Crippen LogP contribution < -0.4 is 5.73 Å². The molecule has 1 atom stereocenters. The molecule has 0 amide bonds. The molecule has 2 N–H and O–H groups in total. The summed E-state index contributed by atoms with van der Waals surface area (Å²) in [4.78, 5) is 2.39. The molecule has 0 aliphatic carbocycles. The van der Waals surface area contributed by atoms with Crippen LogP contribution in [0.5, 0.6) is 0 Å². The van der Waals surface area contributed by atoms with E-state index in [-0.39, 0.29) is 6.04 Å². The van der Waals surface area contributed by atoms with Gasteiger partial charge in [0.05, 0.1) is 0 Å². The van der Waals surface area contributed by atoms with Crippen LogP contribution in [-0.2, 0) is 0 Å². The summed E-state index contributed by atoms with van der Waals surface area (Å²) in [6.45, 7) is 7.54. The molecule has 0 aromatic heterocycles. The van der Waals surface area contributed by atoms with Crippen molar-refractivity contribution in [3.05, 3.63) is 35.4 Å². The van der Waals surface area contributed by atoms with Gasteiger partial charge < -0.3 is 10.6 Å². The molecule has 0 bridgehead atoms. The fraction of sp³-hybridized carbons (Fsp3) is 0.600. The molecule has 0 radical (unpaired) electrons. The minimum atomic E-state index is 0.113. The Labute approximate surface area is 106 Å². The summed E-state index contributed by atoms with van der Waals surface area (Å²) in [6.07, 6.45) is 2.38. The number of rotatable bonds is 6. The second-order valence-corrected chi connectivity index (χ2v) is 4.87. The van der Waals surface area contributed by atoms with Gasteiger partial charge in [-0.25, -0.2) is 0 Å². The summed E-state index contributed by atoms with van der Waals surface area (Å²) in [5.41, 5.74) is 8.86. The van der Waals surface area contributed by atoms with Gasteiger partial charge in [-0.05, 0) is 37.9 Å². The Balaban J connectivity index is 2.66. The smallest absolute Gasteiger partial charge is 0.0426 e. The standard InChI is InChI=1S/C15H26N2/c1-5-13(6-2)17(4)11-15(16)14-10-8-7-9-12(14)3/h7-10,13,15H,5-6,11,16H2,1-4H3. The van der Waals surface area contributed by atoms with E-state index in [0.717, 1.165) is 6.54 Å². The van der Waals surface area contributed by atoms with Crippen molar-refractivity contribution in [3.63, 3.8) is 0 Å². The lowest BCUT2D eigenvalue weighted by Gasteiger charge is -2.29. The molecule has 0 aliphatic rings. The molecule has 1 rings (SSSR count). The third kappa shape index (κ3) is 3.83. The normalized spacial score (nSPS) is 13.4. The molecule has 1 unspecified atom stereocenters. The molecule has 0 fully saturated rings. The van der Waals surface area contributed by atoms with Crippen LogP contribution in [0.1, 0.15) is 43.9 Å². The molecule has 2 nitrogen and oxygen atoms in total. The first-order valence-corrected chi connectivity index (χ1v) is 6.61. The topological polar surface area (TPSA) is 29.3 Å². The van der Waals surface area contributed by atoms with E-state index in [2.05, 4.69) is 57.0 Å². The van der Waals surface area contributed by atoms with Crippen molar-refractivity contribution in [2.45, 2.75) is 45.7 Å². The van der Waals surface area contributed by atoms with E-state index < -0.39 is 0 Å². The zero-order valence-corrected chi connectivity index (χ0v) is 11.6. The Morgan fingerprint density at radius 1 is 1.18 bits per heavy atom. The molecule has 17 heavy (non-hydrogen) atoms. The van der Waals surface area contributed by atoms with Gasteiger partial charge in [-0.2, -0.15) is 0 Å². The second kappa shape index (κ2) is 6.77. The van der Waals surface area contributed by atoms with Gasteiger partial charge in [-0.1, -0.05) is 38.1 Å². The lowest BCUT2D eigenvalue weighted by molar-refractivity contribution is 0.217. The van der Waals surface area contributed by atoms with Crippen LogP contribution in [0.15, 0.2) is 24.3 Å². The number of nitrogens with zero attached hydrogens (tertiary/aromatic N) is 1. The van der Waals surface area contributed by atoms with E-state index in [0.29, 0.717) is 6.04 Å². The molecule has 0 saturated carbocycles. The van der Waals surface area contributed by atoms with Gasteiger partial charge in [-0.3, -0.25) is 0 Å². The maximum absolute atomic E-state index is 6.30. The monoisotopic (exact) mass is 234 g/mol. The van der Waals surface area contributed by atoms with E-state index >= 15 is 0 Å². The van der Waals surface area contributed by atoms with Gasteiger partial charge in [-0.15, -0.1) is 0 Å². The van der Waals surface area contributed by atoms with Crippen LogP contribution in [0.25, 0.3) is 0 Å². The lowest BCUT2D eigenvalue weighted by atomic mass is 10.0. The Hall–Kier alpha value is -0.860. The van der Waals surface area contributed by atoms with Crippen LogP contribution in [0.3, 0.4) is 0 Å². The Morgan fingerprint density at radius 3 is 2.29 bits per heavy atom. The first-order valence-electron chi connectivity index (χ1n) is 6.61. The molecule has 0 heterocycles. The van der Waals surface area contributed by atoms with Crippen molar-refractivity contribution in [1.82, 2.24) is 4.90 Å². The van der Waals surface area contributed by atoms with Crippen LogP contribution in [-0.4, -0.2) is 24.5 Å². The maximum atomic E-state index is 6.30. The summed E-state index contributed by atoms with van der Waals surface area (Å²) in [5, 5.41) is 0. The van der Waals surface area contributed by atoms with Crippen molar-refractivity contribution < 1.29 is 0 Å². The van der Waals surface area contributed by atoms with E-state index in [1.54, 1.807) is 0 Å². The number of hydrogen-bond donors (Lipinski definition) is 1. The molecule has 0 spiro atoms. The molecule has 0 aliphatic heterocycles. The number of likely N-dealkylation sites (N-methyl/N-ethyl adjacent to an activating group) is 1. The van der Waals surface area contributed by atoms with E-state index in [9.17, 15) is 0 Å². The molecular weight excluding hydrogens is 208 g/mol. The van der Waals surface area contributed by atoms with Crippen molar-refractivity contribution in [2.24, 2.45) is 5.73 Å². The van der Waals surface area contributed by atoms with E-state index in [1.165, 1.54) is 24.0 Å². The zero-order chi connectivity index (χ0) is 12.8. The highest BCUT2D eigenvalue weighted by atomic mass is 15.1. The highest BCUT2D eigenvalue weighted by molar-refractivity contribution is 5.28. The fourth-order valence-electron chi connectivity index (χ4n) is 2.47. The molecule has 2 heteroatoms. The number of benzene rings is 1. The number of aryl methyl sites for hydroxylation is 1. The first-order chi connectivity index (χ1) is 8.10. The predicted molar refractivity (Wildman–Crippen MR) is 75.1 cm³/mol. The maximum Gasteiger partial charge on any atom is 0.0426 e. The Kier molecular flexibility index (Phi) is 5.66. The average molecular weight is 234 g/mol. The fourth-order valence-corrected chi connectivity index (χ4v) is 2.47. The van der Waals surface area contributed by atoms with Crippen molar-refractivity contribution in [1.29, 1.82) is 0 Å². The summed E-state index contributed by atoms with van der Waals surface area (Å²) in [5.74, 6) is 0. The summed E-state index contributed by atoms with van der Waals surface area (Å²) >= 11 is 0. The Bertz CT molecular complexity index is 331. The highest BCUT2D eigenvalue weighted by Gasteiger charge is 2.15.